The van der Waals surface area contributed by atoms with Crippen molar-refractivity contribution in [1.29, 1.82) is 0 Å². The highest BCUT2D eigenvalue weighted by molar-refractivity contribution is 6.29. The number of hydrogen-bond donors (Lipinski definition) is 1. The summed E-state index contributed by atoms with van der Waals surface area (Å²) in [7, 11) is 0. The van der Waals surface area contributed by atoms with Crippen molar-refractivity contribution < 1.29 is 13.5 Å². The Kier molecular flexibility index (Phi) is 4.98. The van der Waals surface area contributed by atoms with Gasteiger partial charge in [-0.25, -0.2) is 24.9 Å². The maximum Gasteiger partial charge on any atom is 0.321 e. The van der Waals surface area contributed by atoms with E-state index in [1.165, 1.54) is 12.5 Å². The van der Waals surface area contributed by atoms with E-state index in [-0.39, 0.29) is 5.65 Å². The van der Waals surface area contributed by atoms with Crippen LogP contribution < -0.4 is 10.1 Å². The topological polar surface area (TPSA) is 90.6 Å². The number of alkyl halides is 2. The van der Waals surface area contributed by atoms with Crippen LogP contribution in [0.5, 0.6) is 11.5 Å². The van der Waals surface area contributed by atoms with Crippen LogP contribution in [0.3, 0.4) is 0 Å². The molecule has 0 radical (unpaired) electrons. The first-order valence-electron chi connectivity index (χ1n) is 9.41. The first-order chi connectivity index (χ1) is 15.5. The fraction of sp³-hybridized carbons (Fsp3) is 0.0952. The van der Waals surface area contributed by atoms with E-state index in [1.807, 2.05) is 19.1 Å². The SMILES string of the molecule is Cc1cc(Nc2ncnc3ccc(Cl)nc23)ccc1Oc1cnc2c(c1)ncn2C(F)F. The largest absolute Gasteiger partial charge is 0.455 e. The van der Waals surface area contributed by atoms with Crippen molar-refractivity contribution in [2.75, 3.05) is 5.32 Å². The smallest absolute Gasteiger partial charge is 0.321 e. The zero-order valence-corrected chi connectivity index (χ0v) is 17.3. The van der Waals surface area contributed by atoms with Crippen LogP contribution in [-0.2, 0) is 0 Å². The second-order valence-electron chi connectivity index (χ2n) is 6.87. The van der Waals surface area contributed by atoms with Crippen LogP contribution in [0.25, 0.3) is 22.2 Å². The van der Waals surface area contributed by atoms with Crippen molar-refractivity contribution in [1.82, 2.24) is 29.5 Å². The molecule has 0 fully saturated rings. The van der Waals surface area contributed by atoms with E-state index < -0.39 is 6.55 Å². The number of hydrogen-bond acceptors (Lipinski definition) is 7. The summed E-state index contributed by atoms with van der Waals surface area (Å²) in [5.41, 5.74) is 3.23. The Morgan fingerprint density at radius 3 is 2.72 bits per heavy atom. The molecule has 0 spiro atoms. The monoisotopic (exact) mass is 453 g/mol. The molecule has 5 aromatic rings. The molecule has 0 unspecified atom stereocenters. The summed E-state index contributed by atoms with van der Waals surface area (Å²) in [4.78, 5) is 20.8. The Bertz CT molecular complexity index is 1460. The predicted molar refractivity (Wildman–Crippen MR) is 116 cm³/mol. The lowest BCUT2D eigenvalue weighted by Gasteiger charge is -2.12. The third-order valence-corrected chi connectivity index (χ3v) is 4.92. The van der Waals surface area contributed by atoms with E-state index in [9.17, 15) is 8.78 Å². The number of nitrogens with one attached hydrogen (secondary N) is 1. The average molecular weight is 454 g/mol. The van der Waals surface area contributed by atoms with Crippen molar-refractivity contribution in [3.8, 4) is 11.5 Å². The standard InChI is InChI=1S/C21H14ClF2N7O/c1-11-6-12(29-19-18-14(26-9-27-19)3-5-17(22)30-18)2-4-16(11)32-13-7-15-20(25-8-13)31(10-28-15)21(23)24/h2-10,21H,1H3,(H,26,27,29). The molecule has 0 bridgehead atoms. The molecule has 0 amide bonds. The first-order valence-corrected chi connectivity index (χ1v) is 9.79. The van der Waals surface area contributed by atoms with Gasteiger partial charge in [0.15, 0.2) is 11.5 Å². The molecule has 0 saturated heterocycles. The molecule has 4 heterocycles. The second-order valence-corrected chi connectivity index (χ2v) is 7.26. The molecule has 160 valence electrons. The van der Waals surface area contributed by atoms with Gasteiger partial charge in [-0.15, -0.1) is 0 Å². The van der Waals surface area contributed by atoms with Gasteiger partial charge >= 0.3 is 6.55 Å². The summed E-state index contributed by atoms with van der Waals surface area (Å²) in [5.74, 6) is 1.50. The molecule has 0 aliphatic carbocycles. The van der Waals surface area contributed by atoms with E-state index in [0.29, 0.717) is 43.6 Å². The van der Waals surface area contributed by atoms with Gasteiger partial charge < -0.3 is 10.1 Å². The number of nitrogens with zero attached hydrogens (tertiary/aromatic N) is 6. The van der Waals surface area contributed by atoms with E-state index in [1.54, 1.807) is 24.3 Å². The van der Waals surface area contributed by atoms with Gasteiger partial charge in [-0.05, 0) is 42.8 Å². The van der Waals surface area contributed by atoms with Crippen LogP contribution in [0.2, 0.25) is 5.15 Å². The molecular weight excluding hydrogens is 440 g/mol. The minimum Gasteiger partial charge on any atom is -0.455 e. The number of ether oxygens (including phenoxy) is 1. The molecule has 8 nitrogen and oxygen atoms in total. The predicted octanol–water partition coefficient (Wildman–Crippen LogP) is 5.66. The van der Waals surface area contributed by atoms with Crippen LogP contribution >= 0.6 is 11.6 Å². The number of fused-ring (bicyclic) bond motifs is 2. The summed E-state index contributed by atoms with van der Waals surface area (Å²) in [6, 6.07) is 10.5. The Balaban J connectivity index is 1.39. The molecule has 1 aromatic carbocycles. The number of anilines is 2. The fourth-order valence-corrected chi connectivity index (χ4v) is 3.36. The summed E-state index contributed by atoms with van der Waals surface area (Å²) >= 11 is 6.01. The number of aromatic nitrogens is 6. The molecule has 32 heavy (non-hydrogen) atoms. The van der Waals surface area contributed by atoms with Crippen LogP contribution in [0.4, 0.5) is 20.3 Å². The quantitative estimate of drug-likeness (QED) is 0.343. The van der Waals surface area contributed by atoms with E-state index in [4.69, 9.17) is 16.3 Å². The highest BCUT2D eigenvalue weighted by Gasteiger charge is 2.13. The van der Waals surface area contributed by atoms with Crippen molar-refractivity contribution in [3.05, 3.63) is 66.0 Å². The summed E-state index contributed by atoms with van der Waals surface area (Å²) in [6.45, 7) is -0.828. The lowest BCUT2D eigenvalue weighted by atomic mass is 10.2. The number of imidazole rings is 1. The molecule has 0 atom stereocenters. The second kappa shape index (κ2) is 7.97. The normalized spacial score (nSPS) is 11.4. The van der Waals surface area contributed by atoms with Crippen molar-refractivity contribution in [3.63, 3.8) is 0 Å². The van der Waals surface area contributed by atoms with Gasteiger partial charge in [-0.3, -0.25) is 4.57 Å². The Hall–Kier alpha value is -3.92. The van der Waals surface area contributed by atoms with Gasteiger partial charge in [0.25, 0.3) is 0 Å². The van der Waals surface area contributed by atoms with Crippen LogP contribution in [0, 0.1) is 6.92 Å². The number of rotatable bonds is 5. The molecule has 0 aliphatic rings. The molecule has 1 N–H and O–H groups in total. The van der Waals surface area contributed by atoms with Gasteiger partial charge in [0.1, 0.15) is 40.3 Å². The lowest BCUT2D eigenvalue weighted by Crippen LogP contribution is -1.99. The third kappa shape index (κ3) is 3.76. The third-order valence-electron chi connectivity index (χ3n) is 4.71. The van der Waals surface area contributed by atoms with Crippen LogP contribution in [-0.4, -0.2) is 29.5 Å². The van der Waals surface area contributed by atoms with Crippen molar-refractivity contribution in [2.45, 2.75) is 13.5 Å². The van der Waals surface area contributed by atoms with Crippen LogP contribution in [0.15, 0.2) is 55.2 Å². The molecular formula is C21H14ClF2N7O. The van der Waals surface area contributed by atoms with Gasteiger partial charge in [-0.1, -0.05) is 11.6 Å². The minimum absolute atomic E-state index is 0.0920. The highest BCUT2D eigenvalue weighted by atomic mass is 35.5. The van der Waals surface area contributed by atoms with Crippen molar-refractivity contribution in [2.24, 2.45) is 0 Å². The van der Waals surface area contributed by atoms with Gasteiger partial charge in [0.05, 0.1) is 11.7 Å². The number of halogens is 3. The summed E-state index contributed by atoms with van der Waals surface area (Å²) < 4.78 is 32.5. The lowest BCUT2D eigenvalue weighted by molar-refractivity contribution is 0.0740. The maximum absolute atomic E-state index is 13.0. The van der Waals surface area contributed by atoms with Crippen LogP contribution in [0.1, 0.15) is 12.1 Å². The van der Waals surface area contributed by atoms with Gasteiger partial charge in [-0.2, -0.15) is 8.78 Å². The van der Waals surface area contributed by atoms with E-state index >= 15 is 0 Å². The molecule has 0 saturated carbocycles. The Morgan fingerprint density at radius 1 is 1.03 bits per heavy atom. The Morgan fingerprint density at radius 2 is 1.91 bits per heavy atom. The van der Waals surface area contributed by atoms with Gasteiger partial charge in [0, 0.05) is 11.8 Å². The summed E-state index contributed by atoms with van der Waals surface area (Å²) in [5, 5.41) is 3.57. The van der Waals surface area contributed by atoms with E-state index in [2.05, 4.69) is 30.2 Å². The number of aryl methyl sites for hydroxylation is 1. The maximum atomic E-state index is 13.0. The molecule has 4 aromatic heterocycles. The highest BCUT2D eigenvalue weighted by Crippen LogP contribution is 2.30. The number of pyridine rings is 2. The summed E-state index contributed by atoms with van der Waals surface area (Å²) in [6.07, 6.45) is 3.89. The minimum atomic E-state index is -2.71. The molecule has 5 rings (SSSR count). The molecule has 11 heteroatoms. The first kappa shape index (κ1) is 20.0. The Labute approximate surface area is 184 Å². The van der Waals surface area contributed by atoms with E-state index in [0.717, 1.165) is 17.6 Å². The zero-order chi connectivity index (χ0) is 22.2. The van der Waals surface area contributed by atoms with Crippen molar-refractivity contribution >= 4 is 45.3 Å². The van der Waals surface area contributed by atoms with Gasteiger partial charge in [0.2, 0.25) is 0 Å². The zero-order valence-electron chi connectivity index (χ0n) is 16.5. The number of benzene rings is 1. The molecule has 0 aliphatic heterocycles. The fourth-order valence-electron chi connectivity index (χ4n) is 3.21. The average Bonchev–Trinajstić information content (AvgIpc) is 3.20.